The Hall–Kier alpha value is -2.69. The molecule has 1 saturated carbocycles. The van der Waals surface area contributed by atoms with E-state index in [1.807, 2.05) is 12.1 Å². The number of hydrogen-bond donors (Lipinski definition) is 1. The normalized spacial score (nSPS) is 15.7. The van der Waals surface area contributed by atoms with Crippen molar-refractivity contribution in [1.82, 2.24) is 9.62 Å². The highest BCUT2D eigenvalue weighted by Crippen LogP contribution is 2.25. The Morgan fingerprint density at radius 1 is 1.09 bits per heavy atom. The lowest BCUT2D eigenvalue weighted by molar-refractivity contribution is -0.133. The summed E-state index contributed by atoms with van der Waals surface area (Å²) in [5, 5.41) is 9.04. The lowest BCUT2D eigenvalue weighted by atomic mass is 9.87. The number of likely N-dealkylation sites (N-methyl/N-ethyl adjacent to an activating group) is 1. The number of hydrogen-bond acceptors (Lipinski definition) is 4. The number of nitrogens with zero attached hydrogens (tertiary/aromatic N) is 2. The molecule has 0 bridgehead atoms. The van der Waals surface area contributed by atoms with Crippen molar-refractivity contribution >= 4 is 15.9 Å². The van der Waals surface area contributed by atoms with Gasteiger partial charge in [-0.25, -0.2) is 8.42 Å². The molecule has 0 heterocycles. The molecule has 1 unspecified atom stereocenters. The van der Waals surface area contributed by atoms with Crippen molar-refractivity contribution in [3.05, 3.63) is 65.2 Å². The summed E-state index contributed by atoms with van der Waals surface area (Å²) in [4.78, 5) is 15.2. The highest BCUT2D eigenvalue weighted by atomic mass is 32.2. The zero-order chi connectivity index (χ0) is 24.2. The summed E-state index contributed by atoms with van der Waals surface area (Å²) >= 11 is 0. The Bertz CT molecular complexity index is 1110. The van der Waals surface area contributed by atoms with Crippen LogP contribution in [0.25, 0.3) is 0 Å². The van der Waals surface area contributed by atoms with Gasteiger partial charge in [0.05, 0.1) is 16.5 Å². The van der Waals surface area contributed by atoms with Crippen molar-refractivity contribution in [2.24, 2.45) is 0 Å². The molecule has 0 aromatic heterocycles. The van der Waals surface area contributed by atoms with Crippen molar-refractivity contribution in [2.75, 3.05) is 7.05 Å². The lowest BCUT2D eigenvalue weighted by Crippen LogP contribution is -2.50. The van der Waals surface area contributed by atoms with Gasteiger partial charge in [0, 0.05) is 13.1 Å². The molecule has 0 saturated heterocycles. The molecule has 0 aliphatic heterocycles. The molecule has 0 radical (unpaired) electrons. The average Bonchev–Trinajstić information content (AvgIpc) is 3.32. The summed E-state index contributed by atoms with van der Waals surface area (Å²) in [6.45, 7) is 6.21. The molecule has 1 atom stereocenters. The summed E-state index contributed by atoms with van der Waals surface area (Å²) in [7, 11) is -2.15. The molecule has 0 spiro atoms. The van der Waals surface area contributed by atoms with Gasteiger partial charge in [-0.15, -0.1) is 0 Å². The number of nitriles is 1. The Labute approximate surface area is 197 Å². The monoisotopic (exact) mass is 467 g/mol. The van der Waals surface area contributed by atoms with Crippen molar-refractivity contribution in [3.63, 3.8) is 0 Å². The van der Waals surface area contributed by atoms with Crippen LogP contribution in [0.5, 0.6) is 0 Å². The van der Waals surface area contributed by atoms with E-state index in [1.165, 1.54) is 0 Å². The van der Waals surface area contributed by atoms with E-state index in [0.29, 0.717) is 5.56 Å². The van der Waals surface area contributed by atoms with Gasteiger partial charge in [0.1, 0.15) is 6.04 Å². The zero-order valence-electron chi connectivity index (χ0n) is 19.8. The van der Waals surface area contributed by atoms with Crippen LogP contribution in [-0.4, -0.2) is 38.4 Å². The molecule has 2 aromatic carbocycles. The summed E-state index contributed by atoms with van der Waals surface area (Å²) in [6.07, 6.45) is 4.24. The minimum Gasteiger partial charge on any atom is -0.341 e. The quantitative estimate of drug-likeness (QED) is 0.662. The summed E-state index contributed by atoms with van der Waals surface area (Å²) in [6, 6.07) is 15.0. The minimum absolute atomic E-state index is 0.0895. The van der Waals surface area contributed by atoms with E-state index in [0.717, 1.165) is 36.8 Å². The van der Waals surface area contributed by atoms with Crippen LogP contribution in [0.15, 0.2) is 53.4 Å². The van der Waals surface area contributed by atoms with E-state index in [-0.39, 0.29) is 28.7 Å². The minimum atomic E-state index is -3.91. The van der Waals surface area contributed by atoms with Crippen molar-refractivity contribution in [3.8, 4) is 6.07 Å². The van der Waals surface area contributed by atoms with E-state index in [9.17, 15) is 13.2 Å². The molecule has 6 nitrogen and oxygen atoms in total. The summed E-state index contributed by atoms with van der Waals surface area (Å²) < 4.78 is 29.1. The molecule has 176 valence electrons. The maximum Gasteiger partial charge on any atom is 0.241 e. The van der Waals surface area contributed by atoms with Crippen molar-refractivity contribution in [1.29, 1.82) is 5.26 Å². The highest BCUT2D eigenvalue weighted by Gasteiger charge is 2.32. The molecule has 1 amide bonds. The first-order valence-corrected chi connectivity index (χ1v) is 12.9. The predicted molar refractivity (Wildman–Crippen MR) is 129 cm³/mol. The van der Waals surface area contributed by atoms with Gasteiger partial charge in [0.25, 0.3) is 0 Å². The van der Waals surface area contributed by atoms with Crippen molar-refractivity contribution in [2.45, 2.75) is 75.3 Å². The molecular formula is C26H33N3O3S. The van der Waals surface area contributed by atoms with Crippen molar-refractivity contribution < 1.29 is 13.2 Å². The fourth-order valence-electron chi connectivity index (χ4n) is 4.24. The fourth-order valence-corrected chi connectivity index (χ4v) is 5.43. The van der Waals surface area contributed by atoms with E-state index >= 15 is 0 Å². The molecule has 1 aliphatic rings. The Morgan fingerprint density at radius 2 is 1.67 bits per heavy atom. The predicted octanol–water partition coefficient (Wildman–Crippen LogP) is 4.15. The Balaban J connectivity index is 1.86. The molecule has 2 aromatic rings. The van der Waals surface area contributed by atoms with Gasteiger partial charge in [-0.05, 0) is 60.1 Å². The van der Waals surface area contributed by atoms with Crippen LogP contribution in [0, 0.1) is 11.3 Å². The second-order valence-corrected chi connectivity index (χ2v) is 11.6. The van der Waals surface area contributed by atoms with Gasteiger partial charge in [-0.3, -0.25) is 4.79 Å². The molecule has 3 rings (SSSR count). The lowest BCUT2D eigenvalue weighted by Gasteiger charge is -2.29. The first-order chi connectivity index (χ1) is 15.5. The Morgan fingerprint density at radius 3 is 2.18 bits per heavy atom. The van der Waals surface area contributed by atoms with Gasteiger partial charge >= 0.3 is 0 Å². The van der Waals surface area contributed by atoms with Gasteiger partial charge in [-0.2, -0.15) is 9.98 Å². The third kappa shape index (κ3) is 6.21. The Kier molecular flexibility index (Phi) is 7.61. The van der Waals surface area contributed by atoms with Gasteiger partial charge < -0.3 is 4.90 Å². The van der Waals surface area contributed by atoms with Crippen LogP contribution in [0.2, 0.25) is 0 Å². The molecule has 1 fully saturated rings. The van der Waals surface area contributed by atoms with Crippen LogP contribution in [0.4, 0.5) is 0 Å². The summed E-state index contributed by atoms with van der Waals surface area (Å²) in [5.74, 6) is -0.235. The average molecular weight is 468 g/mol. The van der Waals surface area contributed by atoms with Crippen LogP contribution >= 0.6 is 0 Å². The zero-order valence-corrected chi connectivity index (χ0v) is 20.7. The topological polar surface area (TPSA) is 90.3 Å². The first kappa shape index (κ1) is 24.9. The number of sulfonamides is 1. The maximum atomic E-state index is 13.4. The van der Waals surface area contributed by atoms with E-state index in [4.69, 9.17) is 5.26 Å². The molecular weight excluding hydrogens is 434 g/mol. The van der Waals surface area contributed by atoms with E-state index in [2.05, 4.69) is 31.6 Å². The SMILES string of the molecule is CN(C(=O)C(Cc1ccc(C#N)cc1)NS(=O)(=O)c1ccc(C(C)(C)C)cc1)C1CCCC1. The molecule has 1 N–H and O–H groups in total. The van der Waals surface area contributed by atoms with E-state index < -0.39 is 16.1 Å². The maximum absolute atomic E-state index is 13.4. The second kappa shape index (κ2) is 10.1. The largest absolute Gasteiger partial charge is 0.341 e. The van der Waals surface area contributed by atoms with Crippen LogP contribution in [-0.2, 0) is 26.7 Å². The number of nitrogens with one attached hydrogen (secondary N) is 1. The third-order valence-corrected chi connectivity index (χ3v) is 7.86. The molecule has 1 aliphatic carbocycles. The van der Waals surface area contributed by atoms with Crippen LogP contribution < -0.4 is 4.72 Å². The first-order valence-electron chi connectivity index (χ1n) is 11.4. The number of rotatable bonds is 7. The van der Waals surface area contributed by atoms with Gasteiger partial charge in [0.15, 0.2) is 0 Å². The third-order valence-electron chi connectivity index (χ3n) is 6.37. The van der Waals surface area contributed by atoms with Crippen LogP contribution in [0.1, 0.15) is 63.1 Å². The van der Waals surface area contributed by atoms with Crippen LogP contribution in [0.3, 0.4) is 0 Å². The molecule has 7 heteroatoms. The van der Waals surface area contributed by atoms with Gasteiger partial charge in [0.2, 0.25) is 15.9 Å². The standard InChI is InChI=1S/C26H33N3O3S/c1-26(2,3)21-13-15-23(16-14-21)33(31,32)28-24(17-19-9-11-20(18-27)12-10-19)25(30)29(4)22-7-5-6-8-22/h9-16,22,24,28H,5-8,17H2,1-4H3. The smallest absolute Gasteiger partial charge is 0.241 e. The fraction of sp³-hybridized carbons (Fsp3) is 0.462. The highest BCUT2D eigenvalue weighted by molar-refractivity contribution is 7.89. The second-order valence-electron chi connectivity index (χ2n) is 9.85. The van der Waals surface area contributed by atoms with E-state index in [1.54, 1.807) is 48.3 Å². The van der Waals surface area contributed by atoms with Gasteiger partial charge in [-0.1, -0.05) is 57.9 Å². The number of benzene rings is 2. The number of carbonyl (C=O) groups excluding carboxylic acids is 1. The molecule has 33 heavy (non-hydrogen) atoms. The summed E-state index contributed by atoms with van der Waals surface area (Å²) in [5.41, 5.74) is 2.25. The number of carbonyl (C=O) groups is 1. The number of amides is 1.